The van der Waals surface area contributed by atoms with Crippen molar-refractivity contribution < 1.29 is 9.47 Å². The molecule has 0 amide bonds. The van der Waals surface area contributed by atoms with Crippen LogP contribution in [-0.2, 0) is 21.5 Å². The number of nitrogens with zero attached hydrogens (tertiary/aromatic N) is 1. The molecule has 84 valence electrons. The van der Waals surface area contributed by atoms with Gasteiger partial charge in [-0.2, -0.15) is 0 Å². The van der Waals surface area contributed by atoms with E-state index < -0.39 is 0 Å². The summed E-state index contributed by atoms with van der Waals surface area (Å²) in [5.41, 5.74) is 1.26. The number of thiazole rings is 1. The Hall–Kier alpha value is -0.450. The fourth-order valence-corrected chi connectivity index (χ4v) is 2.86. The molecule has 2 heterocycles. The van der Waals surface area contributed by atoms with Crippen LogP contribution >= 0.6 is 11.3 Å². The second-order valence-electron chi connectivity index (χ2n) is 4.25. The van der Waals surface area contributed by atoms with E-state index >= 15 is 0 Å². The molecule has 3 nitrogen and oxygen atoms in total. The quantitative estimate of drug-likeness (QED) is 0.794. The lowest BCUT2D eigenvalue weighted by Crippen LogP contribution is -2.30. The van der Waals surface area contributed by atoms with Crippen LogP contribution in [-0.4, -0.2) is 25.3 Å². The first-order valence-electron chi connectivity index (χ1n) is 5.26. The Bertz CT molecular complexity index is 318. The lowest BCUT2D eigenvalue weighted by atomic mass is 9.83. The van der Waals surface area contributed by atoms with Crippen LogP contribution in [0.25, 0.3) is 0 Å². The van der Waals surface area contributed by atoms with Gasteiger partial charge in [-0.1, -0.05) is 6.92 Å². The zero-order chi connectivity index (χ0) is 10.7. The van der Waals surface area contributed by atoms with Crippen LogP contribution < -0.4 is 0 Å². The average Bonchev–Trinajstić information content (AvgIpc) is 2.69. The predicted octanol–water partition coefficient (Wildman–Crippen LogP) is 2.36. The van der Waals surface area contributed by atoms with E-state index in [-0.39, 0.29) is 5.41 Å². The van der Waals surface area contributed by atoms with Gasteiger partial charge in [0, 0.05) is 31.1 Å². The summed E-state index contributed by atoms with van der Waals surface area (Å²) < 4.78 is 10.5. The van der Waals surface area contributed by atoms with E-state index in [0.29, 0.717) is 6.61 Å². The highest BCUT2D eigenvalue weighted by Gasteiger charge is 2.32. The Morgan fingerprint density at radius 1 is 1.53 bits per heavy atom. The minimum absolute atomic E-state index is 0.217. The van der Waals surface area contributed by atoms with Gasteiger partial charge in [0.15, 0.2) is 0 Å². The highest BCUT2D eigenvalue weighted by molar-refractivity contribution is 7.09. The Morgan fingerprint density at radius 2 is 2.27 bits per heavy atom. The molecule has 0 saturated carbocycles. The fraction of sp³-hybridized carbons (Fsp3) is 0.727. The molecule has 2 rings (SSSR count). The van der Waals surface area contributed by atoms with E-state index in [4.69, 9.17) is 9.47 Å². The first-order chi connectivity index (χ1) is 7.24. The van der Waals surface area contributed by atoms with Crippen molar-refractivity contribution in [3.05, 3.63) is 16.1 Å². The number of hydrogen-bond acceptors (Lipinski definition) is 4. The molecule has 0 atom stereocenters. The summed E-state index contributed by atoms with van der Waals surface area (Å²) in [6.45, 7) is 4.61. The fourth-order valence-electron chi connectivity index (χ4n) is 1.83. The van der Waals surface area contributed by atoms with E-state index in [9.17, 15) is 0 Å². The molecule has 0 unspecified atom stereocenters. The smallest absolute Gasteiger partial charge is 0.0990 e. The predicted molar refractivity (Wildman–Crippen MR) is 60.2 cm³/mol. The lowest BCUT2D eigenvalue weighted by Gasteiger charge is -2.31. The third kappa shape index (κ3) is 2.38. The molecule has 0 bridgehead atoms. The highest BCUT2D eigenvalue weighted by atomic mass is 32.1. The van der Waals surface area contributed by atoms with Gasteiger partial charge in [0.05, 0.1) is 17.3 Å². The molecular weight excluding hydrogens is 210 g/mol. The molecule has 1 aliphatic heterocycles. The van der Waals surface area contributed by atoms with Gasteiger partial charge in [-0.05, 0) is 12.8 Å². The van der Waals surface area contributed by atoms with Crippen molar-refractivity contribution in [1.29, 1.82) is 0 Å². The van der Waals surface area contributed by atoms with Crippen molar-refractivity contribution >= 4 is 11.3 Å². The first-order valence-corrected chi connectivity index (χ1v) is 6.14. The topological polar surface area (TPSA) is 31.4 Å². The normalized spacial score (nSPS) is 20.4. The number of hydrogen-bond donors (Lipinski definition) is 0. The van der Waals surface area contributed by atoms with Crippen LogP contribution in [0.3, 0.4) is 0 Å². The molecule has 1 aliphatic rings. The third-order valence-corrected chi connectivity index (χ3v) is 4.15. The second kappa shape index (κ2) is 4.60. The standard InChI is InChI=1S/C11H17NO2S/c1-11(3-5-14-6-4-11)10-12-9(7-13-2)8-15-10/h8H,3-7H2,1-2H3. The van der Waals surface area contributed by atoms with Crippen LogP contribution in [0, 0.1) is 0 Å². The molecule has 1 aromatic rings. The minimum Gasteiger partial charge on any atom is -0.381 e. The summed E-state index contributed by atoms with van der Waals surface area (Å²) in [4.78, 5) is 4.63. The Kier molecular flexibility index (Phi) is 3.38. The van der Waals surface area contributed by atoms with Crippen LogP contribution in [0.1, 0.15) is 30.5 Å². The van der Waals surface area contributed by atoms with Crippen LogP contribution in [0.2, 0.25) is 0 Å². The van der Waals surface area contributed by atoms with E-state index in [2.05, 4.69) is 17.3 Å². The summed E-state index contributed by atoms with van der Waals surface area (Å²) in [5.74, 6) is 0. The van der Waals surface area contributed by atoms with Crippen LogP contribution in [0.4, 0.5) is 0 Å². The van der Waals surface area contributed by atoms with Gasteiger partial charge < -0.3 is 9.47 Å². The Balaban J connectivity index is 2.12. The van der Waals surface area contributed by atoms with Gasteiger partial charge in [-0.25, -0.2) is 4.98 Å². The van der Waals surface area contributed by atoms with Crippen LogP contribution in [0.15, 0.2) is 5.38 Å². The molecule has 0 spiro atoms. The molecule has 0 aromatic carbocycles. The van der Waals surface area contributed by atoms with E-state index in [0.717, 1.165) is 31.7 Å². The Labute approximate surface area is 94.4 Å². The van der Waals surface area contributed by atoms with Gasteiger partial charge in [0.1, 0.15) is 0 Å². The van der Waals surface area contributed by atoms with Gasteiger partial charge in [0.25, 0.3) is 0 Å². The molecule has 0 N–H and O–H groups in total. The SMILES string of the molecule is COCc1csc(C2(C)CCOCC2)n1. The summed E-state index contributed by atoms with van der Waals surface area (Å²) in [6.07, 6.45) is 2.15. The van der Waals surface area contributed by atoms with Gasteiger partial charge in [-0.3, -0.25) is 0 Å². The van der Waals surface area contributed by atoms with Crippen molar-refractivity contribution in [2.24, 2.45) is 0 Å². The number of rotatable bonds is 3. The second-order valence-corrected chi connectivity index (χ2v) is 5.11. The summed E-state index contributed by atoms with van der Waals surface area (Å²) in [6, 6.07) is 0. The van der Waals surface area contributed by atoms with E-state index in [1.165, 1.54) is 5.01 Å². The Morgan fingerprint density at radius 3 is 2.93 bits per heavy atom. The van der Waals surface area contributed by atoms with Crippen molar-refractivity contribution in [1.82, 2.24) is 4.98 Å². The van der Waals surface area contributed by atoms with Gasteiger partial charge in [0.2, 0.25) is 0 Å². The molecule has 1 fully saturated rings. The highest BCUT2D eigenvalue weighted by Crippen LogP contribution is 2.35. The maximum atomic E-state index is 5.39. The molecule has 1 saturated heterocycles. The maximum Gasteiger partial charge on any atom is 0.0990 e. The third-order valence-electron chi connectivity index (χ3n) is 2.96. The monoisotopic (exact) mass is 227 g/mol. The molecule has 0 radical (unpaired) electrons. The maximum absolute atomic E-state index is 5.39. The van der Waals surface area contributed by atoms with Gasteiger partial charge in [-0.15, -0.1) is 11.3 Å². The minimum atomic E-state index is 0.217. The summed E-state index contributed by atoms with van der Waals surface area (Å²) in [7, 11) is 1.70. The number of aromatic nitrogens is 1. The number of methoxy groups -OCH3 is 1. The lowest BCUT2D eigenvalue weighted by molar-refractivity contribution is 0.0562. The molecule has 4 heteroatoms. The molecule has 1 aromatic heterocycles. The number of ether oxygens (including phenoxy) is 2. The molecular formula is C11H17NO2S. The molecule has 15 heavy (non-hydrogen) atoms. The average molecular weight is 227 g/mol. The first kappa shape index (κ1) is 11.0. The van der Waals surface area contributed by atoms with E-state index in [1.54, 1.807) is 18.4 Å². The summed E-state index contributed by atoms with van der Waals surface area (Å²) in [5, 5.41) is 3.33. The van der Waals surface area contributed by atoms with Crippen molar-refractivity contribution in [3.8, 4) is 0 Å². The van der Waals surface area contributed by atoms with Gasteiger partial charge >= 0.3 is 0 Å². The zero-order valence-corrected chi connectivity index (χ0v) is 10.1. The van der Waals surface area contributed by atoms with E-state index in [1.807, 2.05) is 0 Å². The summed E-state index contributed by atoms with van der Waals surface area (Å²) >= 11 is 1.75. The molecule has 0 aliphatic carbocycles. The van der Waals surface area contributed by atoms with Crippen molar-refractivity contribution in [2.45, 2.75) is 31.8 Å². The van der Waals surface area contributed by atoms with Crippen molar-refractivity contribution in [3.63, 3.8) is 0 Å². The van der Waals surface area contributed by atoms with Crippen LogP contribution in [0.5, 0.6) is 0 Å². The van der Waals surface area contributed by atoms with Crippen molar-refractivity contribution in [2.75, 3.05) is 20.3 Å². The largest absolute Gasteiger partial charge is 0.381 e. The zero-order valence-electron chi connectivity index (χ0n) is 9.28.